The van der Waals surface area contributed by atoms with Gasteiger partial charge in [0.1, 0.15) is 5.58 Å². The summed E-state index contributed by atoms with van der Waals surface area (Å²) in [6, 6.07) is 16.7. The highest BCUT2D eigenvalue weighted by Crippen LogP contribution is 2.34. The topological polar surface area (TPSA) is 139 Å². The number of carbonyl (C=O) groups is 1. The molecule has 0 aliphatic heterocycles. The van der Waals surface area contributed by atoms with E-state index in [9.17, 15) is 19.7 Å². The van der Waals surface area contributed by atoms with Crippen molar-refractivity contribution in [3.63, 3.8) is 0 Å². The lowest BCUT2D eigenvalue weighted by Crippen LogP contribution is -2.21. The third kappa shape index (κ3) is 6.05. The van der Waals surface area contributed by atoms with E-state index >= 15 is 0 Å². The predicted molar refractivity (Wildman–Crippen MR) is 159 cm³/mol. The van der Waals surface area contributed by atoms with E-state index in [1.807, 2.05) is 12.1 Å². The lowest BCUT2D eigenvalue weighted by molar-refractivity contribution is -0.385. The second-order valence-electron chi connectivity index (χ2n) is 9.03. The third-order valence-corrected chi connectivity index (χ3v) is 6.68. The van der Waals surface area contributed by atoms with Gasteiger partial charge in [-0.1, -0.05) is 44.0 Å². The number of nitro benzene ring substituents is 1. The molecule has 3 aromatic carbocycles. The molecule has 208 valence electrons. The van der Waals surface area contributed by atoms with Crippen molar-refractivity contribution < 1.29 is 23.6 Å². The summed E-state index contributed by atoms with van der Waals surface area (Å²) in [6.45, 7) is 2.77. The minimum atomic E-state index is -0.700. The first-order chi connectivity index (χ1) is 19.6. The van der Waals surface area contributed by atoms with E-state index in [1.54, 1.807) is 50.2 Å². The molecule has 2 aromatic heterocycles. The van der Waals surface area contributed by atoms with E-state index in [0.29, 0.717) is 21.0 Å². The molecule has 0 unspecified atom stereocenters. The number of furan rings is 1. The van der Waals surface area contributed by atoms with Crippen LogP contribution in [0, 0.1) is 10.1 Å². The highest BCUT2D eigenvalue weighted by atomic mass is 79.9. The van der Waals surface area contributed by atoms with Crippen LogP contribution < -0.4 is 10.3 Å². The van der Waals surface area contributed by atoms with Crippen LogP contribution in [0.5, 0.6) is 5.75 Å². The Hall–Kier alpha value is -4.36. The van der Waals surface area contributed by atoms with Crippen molar-refractivity contribution in [3.05, 3.63) is 95.6 Å². The third-order valence-electron chi connectivity index (χ3n) is 5.73. The summed E-state index contributed by atoms with van der Waals surface area (Å²) in [4.78, 5) is 41.5. The monoisotopic (exact) mass is 682 g/mol. The van der Waals surface area contributed by atoms with E-state index in [4.69, 9.17) is 13.9 Å². The summed E-state index contributed by atoms with van der Waals surface area (Å²) < 4.78 is 18.9. The van der Waals surface area contributed by atoms with Crippen molar-refractivity contribution in [1.29, 1.82) is 0 Å². The van der Waals surface area contributed by atoms with Gasteiger partial charge in [-0.25, -0.2) is 9.78 Å². The number of esters is 1. The fourth-order valence-corrected chi connectivity index (χ4v) is 4.89. The van der Waals surface area contributed by atoms with Crippen LogP contribution in [0.1, 0.15) is 19.4 Å². The largest absolute Gasteiger partial charge is 0.474 e. The van der Waals surface area contributed by atoms with Gasteiger partial charge >= 0.3 is 11.7 Å². The number of hydrogen-bond donors (Lipinski definition) is 0. The molecule has 0 atom stereocenters. The maximum Gasteiger partial charge on any atom is 0.344 e. The van der Waals surface area contributed by atoms with Crippen LogP contribution in [0.4, 0.5) is 5.69 Å². The van der Waals surface area contributed by atoms with Gasteiger partial charge in [-0.05, 0) is 56.3 Å². The van der Waals surface area contributed by atoms with Crippen LogP contribution in [0.2, 0.25) is 0 Å². The van der Waals surface area contributed by atoms with Gasteiger partial charge in [0.15, 0.2) is 12.4 Å². The van der Waals surface area contributed by atoms with Crippen LogP contribution in [0.15, 0.2) is 83.9 Å². The van der Waals surface area contributed by atoms with Crippen LogP contribution in [-0.2, 0) is 9.53 Å². The van der Waals surface area contributed by atoms with Crippen LogP contribution in [-0.4, -0.2) is 39.5 Å². The Morgan fingerprint density at radius 1 is 1.15 bits per heavy atom. The lowest BCUT2D eigenvalue weighted by atomic mass is 10.2. The molecule has 0 fully saturated rings. The number of hydrogen-bond acceptors (Lipinski definition) is 9. The number of nitro groups is 1. The summed E-state index contributed by atoms with van der Waals surface area (Å²) in [7, 11) is 0. The van der Waals surface area contributed by atoms with Gasteiger partial charge in [0, 0.05) is 26.0 Å². The van der Waals surface area contributed by atoms with Gasteiger partial charge in [0.25, 0.3) is 5.56 Å². The van der Waals surface area contributed by atoms with Gasteiger partial charge in [-0.15, -0.1) is 0 Å². The van der Waals surface area contributed by atoms with Crippen molar-refractivity contribution in [1.82, 2.24) is 9.66 Å². The van der Waals surface area contributed by atoms with E-state index in [1.165, 1.54) is 18.3 Å². The molecule has 41 heavy (non-hydrogen) atoms. The van der Waals surface area contributed by atoms with Crippen molar-refractivity contribution in [2.24, 2.45) is 5.10 Å². The number of fused-ring (bicyclic) bond motifs is 2. The Bertz CT molecular complexity index is 1910. The molecular formula is C28H20Br2N4O7. The highest BCUT2D eigenvalue weighted by molar-refractivity contribution is 9.10. The van der Waals surface area contributed by atoms with E-state index in [0.717, 1.165) is 14.5 Å². The molecule has 0 N–H and O–H groups in total. The van der Waals surface area contributed by atoms with Crippen molar-refractivity contribution in [3.8, 4) is 17.3 Å². The number of nitrogens with zero attached hydrogens (tertiary/aromatic N) is 4. The van der Waals surface area contributed by atoms with Crippen molar-refractivity contribution >= 4 is 71.6 Å². The number of rotatable bonds is 8. The molecule has 2 heterocycles. The molecule has 0 radical (unpaired) electrons. The maximum atomic E-state index is 13.6. The molecule has 0 aliphatic rings. The molecule has 0 amide bonds. The summed E-state index contributed by atoms with van der Waals surface area (Å²) in [5.41, 5.74) is 0.239. The Kier molecular flexibility index (Phi) is 7.99. The van der Waals surface area contributed by atoms with Crippen LogP contribution in [0.3, 0.4) is 0 Å². The molecule has 0 aliphatic carbocycles. The van der Waals surface area contributed by atoms with Gasteiger partial charge in [-0.3, -0.25) is 14.9 Å². The Morgan fingerprint density at radius 3 is 2.68 bits per heavy atom. The standard InChI is InChI=1S/C28H20Br2N4O7/c1-15(2)40-25(35)14-39-26-17(10-19(30)12-22(26)34(37)38)13-31-33-27(32-21-6-4-3-5-20(21)28(33)36)24-11-16-9-18(29)7-8-23(16)41-24/h3-13,15H,14H2,1-2H3. The number of benzene rings is 3. The zero-order valence-corrected chi connectivity index (χ0v) is 24.7. The molecule has 11 nitrogen and oxygen atoms in total. The fraction of sp³-hybridized carbons (Fsp3) is 0.143. The zero-order chi connectivity index (χ0) is 29.3. The molecule has 0 saturated carbocycles. The molecule has 13 heteroatoms. The molecule has 5 aromatic rings. The summed E-state index contributed by atoms with van der Waals surface area (Å²) in [5, 5.41) is 17.3. The number of carbonyl (C=O) groups excluding carboxylic acids is 1. The maximum absolute atomic E-state index is 13.6. The minimum absolute atomic E-state index is 0.116. The number of para-hydroxylation sites is 1. The van der Waals surface area contributed by atoms with Gasteiger partial charge in [0.2, 0.25) is 11.6 Å². The summed E-state index contributed by atoms with van der Waals surface area (Å²) in [5.74, 6) is -0.524. The van der Waals surface area contributed by atoms with E-state index in [2.05, 4.69) is 41.9 Å². The highest BCUT2D eigenvalue weighted by Gasteiger charge is 2.23. The smallest absolute Gasteiger partial charge is 0.344 e. The van der Waals surface area contributed by atoms with Crippen LogP contribution in [0.25, 0.3) is 33.5 Å². The Morgan fingerprint density at radius 2 is 1.93 bits per heavy atom. The van der Waals surface area contributed by atoms with Gasteiger partial charge < -0.3 is 13.9 Å². The molecule has 0 saturated heterocycles. The first kappa shape index (κ1) is 28.2. The number of ether oxygens (including phenoxy) is 2. The second kappa shape index (κ2) is 11.6. The number of aromatic nitrogens is 2. The average Bonchev–Trinajstić information content (AvgIpc) is 3.34. The SMILES string of the molecule is CC(C)OC(=O)COc1c(C=Nn2c(-c3cc4cc(Br)ccc4o3)nc3ccccc3c2=O)cc(Br)cc1[N+](=O)[O-]. The molecule has 5 rings (SSSR count). The quantitative estimate of drug-likeness (QED) is 0.0786. The van der Waals surface area contributed by atoms with Gasteiger partial charge in [-0.2, -0.15) is 9.78 Å². The lowest BCUT2D eigenvalue weighted by Gasteiger charge is -2.12. The molecular weight excluding hydrogens is 664 g/mol. The van der Waals surface area contributed by atoms with E-state index < -0.39 is 34.9 Å². The second-order valence-corrected chi connectivity index (χ2v) is 10.9. The van der Waals surface area contributed by atoms with E-state index in [-0.39, 0.29) is 22.9 Å². The first-order valence-corrected chi connectivity index (χ1v) is 13.7. The van der Waals surface area contributed by atoms with Crippen LogP contribution >= 0.6 is 31.9 Å². The average molecular weight is 684 g/mol. The van der Waals surface area contributed by atoms with Crippen molar-refractivity contribution in [2.45, 2.75) is 20.0 Å². The minimum Gasteiger partial charge on any atom is -0.474 e. The zero-order valence-electron chi connectivity index (χ0n) is 21.5. The summed E-state index contributed by atoms with van der Waals surface area (Å²) >= 11 is 6.71. The number of halogens is 2. The molecule has 0 bridgehead atoms. The van der Waals surface area contributed by atoms with Gasteiger partial charge in [0.05, 0.1) is 28.1 Å². The Balaban J connectivity index is 1.66. The Labute approximate surface area is 248 Å². The summed E-state index contributed by atoms with van der Waals surface area (Å²) in [6.07, 6.45) is 0.832. The fourth-order valence-electron chi connectivity index (χ4n) is 4.05. The first-order valence-electron chi connectivity index (χ1n) is 12.2. The molecule has 0 spiro atoms. The predicted octanol–water partition coefficient (Wildman–Crippen LogP) is 6.46. The van der Waals surface area contributed by atoms with Crippen molar-refractivity contribution in [2.75, 3.05) is 6.61 Å². The normalized spacial score (nSPS) is 11.5.